The van der Waals surface area contributed by atoms with Gasteiger partial charge >= 0.3 is 5.97 Å². The quantitative estimate of drug-likeness (QED) is 0.0183. The fourth-order valence-corrected chi connectivity index (χ4v) is 13.7. The van der Waals surface area contributed by atoms with Crippen molar-refractivity contribution in [2.24, 2.45) is 0 Å². The van der Waals surface area contributed by atoms with Gasteiger partial charge in [0.1, 0.15) is 51.7 Å². The number of carbonyl (C=O) groups is 1. The Bertz CT molecular complexity index is 4400. The molecule has 0 heterocycles. The molecule has 20 nitrogen and oxygen atoms in total. The lowest BCUT2D eigenvalue weighted by molar-refractivity contribution is -0.136. The predicted molar refractivity (Wildman–Crippen MR) is 453 cm³/mol. The second kappa shape index (κ2) is 47.6. The fourth-order valence-electron chi connectivity index (χ4n) is 13.7. The maximum atomic E-state index is 12.9. The minimum absolute atomic E-state index is 0.0463. The molecule has 0 aliphatic carbocycles. The topological polar surface area (TPSA) is 225 Å². The van der Waals surface area contributed by atoms with Crippen molar-refractivity contribution in [3.8, 4) is 62.9 Å². The number of phenolic OH excluding ortho intramolecular Hbond substituents is 3. The van der Waals surface area contributed by atoms with Gasteiger partial charge in [-0.2, -0.15) is 0 Å². The maximum absolute atomic E-state index is 12.9. The highest BCUT2D eigenvalue weighted by Gasteiger charge is 2.29. The van der Waals surface area contributed by atoms with Gasteiger partial charge in [-0.25, -0.2) is 4.79 Å². The number of hydrogen-bond acceptors (Lipinski definition) is 20. The number of carbonyl (C=O) groups excluding carboxylic acids is 1. The van der Waals surface area contributed by atoms with Crippen LogP contribution in [0.2, 0.25) is 0 Å². The van der Waals surface area contributed by atoms with Crippen molar-refractivity contribution >= 4 is 5.97 Å². The highest BCUT2D eigenvalue weighted by molar-refractivity contribution is 5.75. The number of phenols is 3. The van der Waals surface area contributed by atoms with E-state index in [1.807, 2.05) is 123 Å². The summed E-state index contributed by atoms with van der Waals surface area (Å²) in [5, 5.41) is 32.3. The maximum Gasteiger partial charge on any atom is 0.349 e. The molecule has 0 saturated heterocycles. The standard InChI is InChI=1S/C34H46O7.C31H40O7.C31H38O6/c1-9-23(2)24-10-12-31(13-11-24)40-22-41-33-27(20-38-7)16-30(17-28(33)21-39-8)34(3,4)29-14-25(18-36-5)32(35)26(15-29)19-37-6;1-7-21(2)22-8-10-29(11-9-22)37-20-38-31-27(18-35-5)14-24(15-28(31)19-36-6)23-12-25(16-33-3)30(32)26(13-23)17-34-4;1-7-22(4)23-8-10-28(11-9-23)36-19-29(32)37-31-25(13-21(3)15-27(31)18-35-6)16-24-12-20(2)14-26(17-34-5)30(24)33/h10-17,23,35H,9,18-22H2,1-8H3;8-15,21,32H,7,16-20H2,1-6H3;8-15,22,33H,7,16-19H2,1-6H3. The number of aromatic hydroxyl groups is 3. The molecule has 0 aromatic heterocycles. The number of esters is 1. The molecule has 3 atom stereocenters. The number of benzene rings is 9. The summed E-state index contributed by atoms with van der Waals surface area (Å²) in [4.78, 5) is 12.9. The van der Waals surface area contributed by atoms with Crippen molar-refractivity contribution < 1.29 is 95.9 Å². The normalized spacial score (nSPS) is 12.1. The van der Waals surface area contributed by atoms with E-state index in [1.165, 1.54) is 16.7 Å². The molecule has 9 aromatic rings. The van der Waals surface area contributed by atoms with Crippen LogP contribution in [0.1, 0.15) is 198 Å². The van der Waals surface area contributed by atoms with E-state index in [4.69, 9.17) is 75.8 Å². The molecule has 3 N–H and O–H groups in total. The molecule has 9 rings (SSSR count). The van der Waals surface area contributed by atoms with Crippen LogP contribution >= 0.6 is 0 Å². The summed E-state index contributed by atoms with van der Waals surface area (Å²) >= 11 is 0. The molecule has 0 amide bonds. The van der Waals surface area contributed by atoms with Crippen LogP contribution in [0.25, 0.3) is 11.1 Å². The predicted octanol–water partition coefficient (Wildman–Crippen LogP) is 20.2. The van der Waals surface area contributed by atoms with Gasteiger partial charge in [-0.15, -0.1) is 0 Å². The molecule has 9 aromatic carbocycles. The van der Waals surface area contributed by atoms with Crippen LogP contribution in [0.15, 0.2) is 146 Å². The molecule has 3 unspecified atom stereocenters. The number of aryl methyl sites for hydroxylation is 2. The third kappa shape index (κ3) is 26.5. The molecule has 0 radical (unpaired) electrons. The Morgan fingerprint density at radius 2 is 0.586 bits per heavy atom. The summed E-state index contributed by atoms with van der Waals surface area (Å²) in [5.74, 6) is 5.45. The summed E-state index contributed by atoms with van der Waals surface area (Å²) in [6.07, 6.45) is 3.62. The molecule has 0 aliphatic heterocycles. The third-order valence-electron chi connectivity index (χ3n) is 20.6. The van der Waals surface area contributed by atoms with Gasteiger partial charge < -0.3 is 91.1 Å². The van der Waals surface area contributed by atoms with E-state index in [2.05, 4.69) is 91.8 Å². The van der Waals surface area contributed by atoms with Crippen LogP contribution in [-0.2, 0) is 130 Å². The lowest BCUT2D eigenvalue weighted by Crippen LogP contribution is -2.21. The van der Waals surface area contributed by atoms with Crippen LogP contribution in [0, 0.1) is 13.8 Å². The molecule has 0 aliphatic rings. The average Bonchev–Trinajstić information content (AvgIpc) is 0.734. The van der Waals surface area contributed by atoms with Crippen LogP contribution in [0.5, 0.6) is 51.7 Å². The van der Waals surface area contributed by atoms with E-state index in [9.17, 15) is 20.1 Å². The summed E-state index contributed by atoms with van der Waals surface area (Å²) in [6.45, 7) is 24.4. The van der Waals surface area contributed by atoms with E-state index in [1.54, 1.807) is 71.1 Å². The zero-order chi connectivity index (χ0) is 84.4. The first-order valence-corrected chi connectivity index (χ1v) is 39.4. The van der Waals surface area contributed by atoms with E-state index in [0.717, 1.165) is 103 Å². The first-order valence-electron chi connectivity index (χ1n) is 39.4. The van der Waals surface area contributed by atoms with E-state index >= 15 is 0 Å². The first kappa shape index (κ1) is 93.6. The van der Waals surface area contributed by atoms with Gasteiger partial charge in [0.05, 0.1) is 66.1 Å². The summed E-state index contributed by atoms with van der Waals surface area (Å²) in [6, 6.07) is 48.0. The molecule has 0 fully saturated rings. The first-order chi connectivity index (χ1) is 55.9. The SMILES string of the molecule is CCC(C)c1ccc(OCC(=O)Oc2c(COC)cc(C)cc2Cc2cc(C)cc(COC)c2O)cc1.CCC(C)c1ccc(OCOc2c(COC)cc(-c3cc(COC)c(O)c(COC)c3)cc2COC)cc1.CCC(C)c1ccc(OCOc2c(COC)cc(C(C)(C)c3cc(COC)c(O)c(COC)c3)cc2COC)cc1. The summed E-state index contributed by atoms with van der Waals surface area (Å²) < 4.78 is 89.9. The molecule has 0 spiro atoms. The number of rotatable bonds is 43. The minimum atomic E-state index is -0.512. The summed E-state index contributed by atoms with van der Waals surface area (Å²) in [7, 11) is 16.3. The Morgan fingerprint density at radius 3 is 0.931 bits per heavy atom. The van der Waals surface area contributed by atoms with Crippen LogP contribution in [0.3, 0.4) is 0 Å². The Labute approximate surface area is 688 Å². The molecular formula is C96H124O20. The molecule has 628 valence electrons. The smallest absolute Gasteiger partial charge is 0.349 e. The van der Waals surface area contributed by atoms with E-state index in [0.29, 0.717) is 121 Å². The monoisotopic (exact) mass is 1600 g/mol. The van der Waals surface area contributed by atoms with Gasteiger partial charge in [-0.3, -0.25) is 0 Å². The van der Waals surface area contributed by atoms with Gasteiger partial charge in [-0.1, -0.05) is 127 Å². The zero-order valence-corrected chi connectivity index (χ0v) is 71.9. The second-order valence-corrected chi connectivity index (χ2v) is 29.7. The molecule has 0 bridgehead atoms. The van der Waals surface area contributed by atoms with Crippen molar-refractivity contribution in [3.05, 3.63) is 251 Å². The Balaban J connectivity index is 0.000000241. The van der Waals surface area contributed by atoms with Gasteiger partial charge in [0.25, 0.3) is 0 Å². The minimum Gasteiger partial charge on any atom is -0.507 e. The zero-order valence-electron chi connectivity index (χ0n) is 71.9. The van der Waals surface area contributed by atoms with Crippen LogP contribution in [0.4, 0.5) is 0 Å². The summed E-state index contributed by atoms with van der Waals surface area (Å²) in [5.41, 5.74) is 18.6. The third-order valence-corrected chi connectivity index (χ3v) is 20.6. The fraction of sp³-hybridized carbons (Fsp3) is 0.427. The lowest BCUT2D eigenvalue weighted by Gasteiger charge is -2.30. The van der Waals surface area contributed by atoms with Crippen LogP contribution < -0.4 is 28.4 Å². The van der Waals surface area contributed by atoms with Crippen molar-refractivity contribution in [2.75, 3.05) is 91.3 Å². The molecular weight excluding hydrogens is 1470 g/mol. The van der Waals surface area contributed by atoms with Crippen LogP contribution in [-0.4, -0.2) is 113 Å². The van der Waals surface area contributed by atoms with Crippen molar-refractivity contribution in [3.63, 3.8) is 0 Å². The largest absolute Gasteiger partial charge is 0.507 e. The molecule has 20 heteroatoms. The Morgan fingerprint density at radius 1 is 0.328 bits per heavy atom. The lowest BCUT2D eigenvalue weighted by atomic mass is 9.76. The number of hydrogen-bond donors (Lipinski definition) is 3. The van der Waals surface area contributed by atoms with Gasteiger partial charge in [0.2, 0.25) is 13.6 Å². The van der Waals surface area contributed by atoms with E-state index < -0.39 is 11.4 Å². The number of methoxy groups -OCH3 is 10. The van der Waals surface area contributed by atoms with Crippen molar-refractivity contribution in [1.29, 1.82) is 0 Å². The average molecular weight is 1600 g/mol. The van der Waals surface area contributed by atoms with Crippen molar-refractivity contribution in [1.82, 2.24) is 0 Å². The van der Waals surface area contributed by atoms with Gasteiger partial charge in [0, 0.05) is 144 Å². The Hall–Kier alpha value is -9.55. The van der Waals surface area contributed by atoms with E-state index in [-0.39, 0.29) is 57.3 Å². The number of ether oxygens (including phenoxy) is 16. The van der Waals surface area contributed by atoms with Crippen molar-refractivity contribution in [2.45, 2.75) is 184 Å². The van der Waals surface area contributed by atoms with Gasteiger partial charge in [-0.05, 0) is 180 Å². The highest BCUT2D eigenvalue weighted by atomic mass is 16.7. The second-order valence-electron chi connectivity index (χ2n) is 29.7. The molecule has 116 heavy (non-hydrogen) atoms. The van der Waals surface area contributed by atoms with Gasteiger partial charge in [0.15, 0.2) is 6.61 Å². The Kier molecular flexibility index (Phi) is 38.4. The highest BCUT2D eigenvalue weighted by Crippen LogP contribution is 2.42. The molecule has 0 saturated carbocycles.